The highest BCUT2D eigenvalue weighted by molar-refractivity contribution is 7.80. The molecule has 1 fully saturated rings. The zero-order valence-corrected chi connectivity index (χ0v) is 54.7. The average Bonchev–Trinajstić information content (AvgIpc) is 1.67. The molecule has 526 valence electrons. The fraction of sp³-hybridized carbons (Fsp3) is 0.517. The molecule has 0 unspecified atom stereocenters. The van der Waals surface area contributed by atoms with E-state index in [1.54, 1.807) is 38.1 Å². The number of carboxylic acid groups (broad SMARTS) is 3. The molecule has 13 atom stereocenters. The number of H-pyrrole nitrogens is 1. The second-order valence-corrected chi connectivity index (χ2v) is 23.6. The Balaban J connectivity index is 1.65. The van der Waals surface area contributed by atoms with Gasteiger partial charge < -0.3 is 100 Å². The predicted octanol–water partition coefficient (Wildman–Crippen LogP) is -4.55. The normalized spacial score (nSPS) is 16.5. The Morgan fingerprint density at radius 1 is 0.594 bits per heavy atom. The molecule has 0 bridgehead atoms. The minimum atomic E-state index is -1.85. The number of benzene rings is 2. The van der Waals surface area contributed by atoms with Gasteiger partial charge in [-0.1, -0.05) is 50.6 Å². The molecule has 1 saturated heterocycles. The van der Waals surface area contributed by atoms with Crippen molar-refractivity contribution in [1.29, 1.82) is 0 Å². The molecule has 1 aromatic heterocycles. The number of nitrogens with one attached hydrogen (secondary N) is 11. The van der Waals surface area contributed by atoms with Crippen LogP contribution >= 0.6 is 25.3 Å². The molecule has 34 nitrogen and oxygen atoms in total. The number of phenols is 1. The number of amides is 12. The second-order valence-electron chi connectivity index (χ2n) is 22.9. The SMILES string of the molecule is CC[C@H](C)[C@H](NC(=O)[C@H](CCC(=O)O)NC(=O)[C@H](CCC(N)=O)NC(=O)[C@H](Cc1c[nH]c2ccccc12)NC(=O)[C@H](Cc1ccc(O)cc1)NC(=O)[C@H](C)NC(=O)[C@H](CO)NC(=O)[C@H](CC(=O)O)NC(=O)[C@@H](N)CS)C(=O)N1CCC[C@H]1C(=O)N[C@@H](C)C(=O)N[C@@H](CS)C(=O)O. The highest BCUT2D eigenvalue weighted by Gasteiger charge is 2.42. The number of nitrogens with two attached hydrogens (primary N) is 2. The number of aliphatic carboxylic acids is 3. The van der Waals surface area contributed by atoms with Crippen LogP contribution in [0.3, 0.4) is 0 Å². The van der Waals surface area contributed by atoms with E-state index in [4.69, 9.17) is 11.5 Å². The van der Waals surface area contributed by atoms with Gasteiger partial charge in [-0.3, -0.25) is 67.1 Å². The predicted molar refractivity (Wildman–Crippen MR) is 347 cm³/mol. The number of fused-ring (bicyclic) bond motifs is 1. The van der Waals surface area contributed by atoms with Crippen molar-refractivity contribution in [1.82, 2.24) is 63.1 Å². The van der Waals surface area contributed by atoms with Gasteiger partial charge in [0.05, 0.1) is 19.1 Å². The first-order valence-electron chi connectivity index (χ1n) is 30.5. The molecule has 20 N–H and O–H groups in total. The van der Waals surface area contributed by atoms with Gasteiger partial charge in [-0.15, -0.1) is 0 Å². The fourth-order valence-electron chi connectivity index (χ4n) is 9.88. The quantitative estimate of drug-likeness (QED) is 0.0239. The smallest absolute Gasteiger partial charge is 0.327 e. The zero-order valence-electron chi connectivity index (χ0n) is 53.0. The number of aromatic hydroxyl groups is 1. The summed E-state index contributed by atoms with van der Waals surface area (Å²) in [6.45, 7) is 4.67. The van der Waals surface area contributed by atoms with Crippen molar-refractivity contribution in [2.24, 2.45) is 17.4 Å². The van der Waals surface area contributed by atoms with Gasteiger partial charge in [0.25, 0.3) is 0 Å². The van der Waals surface area contributed by atoms with Crippen LogP contribution < -0.4 is 64.6 Å². The van der Waals surface area contributed by atoms with Crippen LogP contribution in [0.25, 0.3) is 10.9 Å². The number of aliphatic hydroxyl groups is 1. The second kappa shape index (κ2) is 38.1. The fourth-order valence-corrected chi connectivity index (χ4v) is 10.3. The summed E-state index contributed by atoms with van der Waals surface area (Å²) in [5, 5.41) is 73.2. The first-order chi connectivity index (χ1) is 45.3. The van der Waals surface area contributed by atoms with Gasteiger partial charge in [0.1, 0.15) is 72.2 Å². The lowest BCUT2D eigenvalue weighted by Gasteiger charge is -2.33. The molecule has 0 saturated carbocycles. The number of thiol groups is 2. The van der Waals surface area contributed by atoms with Crippen LogP contribution in [-0.2, 0) is 84.8 Å². The number of aromatic nitrogens is 1. The number of primary amides is 1. The van der Waals surface area contributed by atoms with E-state index in [0.29, 0.717) is 28.5 Å². The summed E-state index contributed by atoms with van der Waals surface area (Å²) in [5.41, 5.74) is 12.5. The highest BCUT2D eigenvalue weighted by atomic mass is 32.1. The van der Waals surface area contributed by atoms with Crippen LogP contribution in [0.4, 0.5) is 0 Å². The number of phenolic OH excluding ortho intramolecular Hbond substituents is 1. The third kappa shape index (κ3) is 24.0. The standard InChI is InChI=1S/C60H84N14O20S2/c1-5-28(2)48(59(92)74-20-8-11-44(74)58(91)65-30(4)50(83)72-43(27-96)60(93)94)73-53(86)38(17-19-46(78)79)66-52(85)37(16-18-45(62)77)67-55(88)40(22-32-24-63-36-10-7-6-9-34(32)36)70-54(87)39(21-31-12-14-33(76)15-13-31)68-49(82)29(3)64-57(90)42(25-75)71-56(89)41(23-47(80)81)69-51(84)35(61)26-95/h6-7,9-10,12-15,24,28-30,35,37-44,48,63,75-76,95-96H,5,8,11,16-23,25-27,61H2,1-4H3,(H2,62,77)(H,64,90)(H,65,91)(H,66,85)(H,67,88)(H,68,82)(H,69,84)(H,70,87)(H,71,89)(H,72,83)(H,73,86)(H,78,79)(H,80,81)(H,93,94)/t28-,29-,30-,35-,37-,38-,39-,40-,41-,42-,43-,44-,48-/m0/s1. The number of carboxylic acids is 3. The molecule has 2 aromatic carbocycles. The number of para-hydroxylation sites is 1. The molecule has 2 heterocycles. The van der Waals surface area contributed by atoms with Gasteiger partial charge in [0, 0.05) is 60.8 Å². The Bertz CT molecular complexity index is 3320. The maximum Gasteiger partial charge on any atom is 0.327 e. The molecule has 3 aromatic rings. The zero-order chi connectivity index (χ0) is 71.7. The van der Waals surface area contributed by atoms with E-state index in [0.717, 1.165) is 6.92 Å². The minimum Gasteiger partial charge on any atom is -0.508 e. The van der Waals surface area contributed by atoms with Gasteiger partial charge in [-0.05, 0) is 74.8 Å². The Morgan fingerprint density at radius 2 is 1.10 bits per heavy atom. The lowest BCUT2D eigenvalue weighted by molar-refractivity contribution is -0.144. The van der Waals surface area contributed by atoms with Gasteiger partial charge in [-0.25, -0.2) is 4.79 Å². The number of nitrogens with zero attached hydrogens (tertiary/aromatic N) is 1. The van der Waals surface area contributed by atoms with Gasteiger partial charge >= 0.3 is 17.9 Å². The van der Waals surface area contributed by atoms with Crippen molar-refractivity contribution in [2.45, 2.75) is 164 Å². The summed E-state index contributed by atoms with van der Waals surface area (Å²) < 4.78 is 0. The van der Waals surface area contributed by atoms with Crippen LogP contribution in [0.15, 0.2) is 54.7 Å². The summed E-state index contributed by atoms with van der Waals surface area (Å²) in [6.07, 6.45) is -1.92. The van der Waals surface area contributed by atoms with Crippen LogP contribution in [0, 0.1) is 5.92 Å². The summed E-state index contributed by atoms with van der Waals surface area (Å²) in [6, 6.07) is -6.41. The summed E-state index contributed by atoms with van der Waals surface area (Å²) in [7, 11) is 0. The number of hydrogen-bond donors (Lipinski definition) is 20. The van der Waals surface area contributed by atoms with E-state index in [1.807, 2.05) is 0 Å². The van der Waals surface area contributed by atoms with E-state index in [-0.39, 0.29) is 49.5 Å². The van der Waals surface area contributed by atoms with E-state index in [9.17, 15) is 97.5 Å². The number of likely N-dealkylation sites (tertiary alicyclic amines) is 1. The van der Waals surface area contributed by atoms with Crippen molar-refractivity contribution < 1.29 is 97.5 Å². The number of carbonyl (C=O) groups excluding carboxylic acids is 12. The van der Waals surface area contributed by atoms with E-state index >= 15 is 0 Å². The first kappa shape index (κ1) is 78.9. The van der Waals surface area contributed by atoms with Crippen molar-refractivity contribution >= 4 is 125 Å². The van der Waals surface area contributed by atoms with Gasteiger partial charge in [-0.2, -0.15) is 25.3 Å². The van der Waals surface area contributed by atoms with Crippen molar-refractivity contribution in [3.63, 3.8) is 0 Å². The largest absolute Gasteiger partial charge is 0.508 e. The van der Waals surface area contributed by atoms with Gasteiger partial charge in [0.2, 0.25) is 70.9 Å². The van der Waals surface area contributed by atoms with Crippen LogP contribution in [0.1, 0.15) is 90.2 Å². The maximum absolute atomic E-state index is 14.9. The molecule has 1 aliphatic heterocycles. The molecule has 12 amide bonds. The molecule has 0 aliphatic carbocycles. The molecule has 96 heavy (non-hydrogen) atoms. The van der Waals surface area contributed by atoms with Crippen molar-refractivity contribution in [3.05, 3.63) is 65.9 Å². The molecule has 0 spiro atoms. The minimum absolute atomic E-state index is 0.0207. The topological polar surface area (TPSA) is 549 Å². The lowest BCUT2D eigenvalue weighted by Crippen LogP contribution is -2.61. The average molecular weight is 1390 g/mol. The number of aromatic amines is 1. The molecule has 1 aliphatic rings. The van der Waals surface area contributed by atoms with E-state index < -0.39 is 206 Å². The summed E-state index contributed by atoms with van der Waals surface area (Å²) in [4.78, 5) is 204. The summed E-state index contributed by atoms with van der Waals surface area (Å²) in [5.74, 6) is -17.8. The maximum atomic E-state index is 14.9. The lowest BCUT2D eigenvalue weighted by atomic mass is 9.96. The van der Waals surface area contributed by atoms with E-state index in [2.05, 4.69) is 83.4 Å². The number of rotatable bonds is 39. The van der Waals surface area contributed by atoms with Crippen LogP contribution in [0.2, 0.25) is 0 Å². The molecule has 36 heteroatoms. The monoisotopic (exact) mass is 1380 g/mol. The van der Waals surface area contributed by atoms with E-state index in [1.165, 1.54) is 42.3 Å². The van der Waals surface area contributed by atoms with Crippen LogP contribution in [-0.4, -0.2) is 221 Å². The van der Waals surface area contributed by atoms with Crippen molar-refractivity contribution in [2.75, 3.05) is 24.7 Å². The Labute approximate surface area is 561 Å². The number of carbonyl (C=O) groups is 15. The molecule has 4 rings (SSSR count). The Morgan fingerprint density at radius 3 is 1.67 bits per heavy atom. The molecule has 0 radical (unpaired) electrons. The number of hydrogen-bond acceptors (Lipinski definition) is 20. The highest BCUT2D eigenvalue weighted by Crippen LogP contribution is 2.23. The van der Waals surface area contributed by atoms with Crippen molar-refractivity contribution in [3.8, 4) is 5.75 Å². The Hall–Kier alpha value is -9.55. The van der Waals surface area contributed by atoms with Gasteiger partial charge in [0.15, 0.2) is 0 Å². The molecular formula is C60H84N14O20S2. The number of aliphatic hydroxyl groups excluding tert-OH is 1. The van der Waals surface area contributed by atoms with Crippen LogP contribution in [0.5, 0.6) is 5.75 Å². The third-order valence-electron chi connectivity index (χ3n) is 15.6. The first-order valence-corrected chi connectivity index (χ1v) is 31.8. The Kier molecular flexibility index (Phi) is 31.3. The summed E-state index contributed by atoms with van der Waals surface area (Å²) >= 11 is 7.83. The molecular weight excluding hydrogens is 1300 g/mol. The third-order valence-corrected chi connectivity index (χ3v) is 16.4.